The number of hydrogen-bond acceptors (Lipinski definition) is 10. The Morgan fingerprint density at radius 1 is 0.766 bits per heavy atom. The molecule has 6 atom stereocenters. The van der Waals surface area contributed by atoms with Crippen molar-refractivity contribution in [1.82, 2.24) is 9.88 Å². The third-order valence-electron chi connectivity index (χ3n) is 18.2. The van der Waals surface area contributed by atoms with E-state index in [9.17, 15) is 25.5 Å². The van der Waals surface area contributed by atoms with Gasteiger partial charge in [-0.2, -0.15) is 0 Å². The average Bonchev–Trinajstić information content (AvgIpc) is 3.90. The number of fused-ring (bicyclic) bond motifs is 10. The second kappa shape index (κ2) is 21.7. The normalized spacial score (nSPS) is 25.2. The fourth-order valence-corrected chi connectivity index (χ4v) is 14.4. The molecule has 11 heteroatoms. The highest BCUT2D eigenvalue weighted by atomic mass is 16.5. The monoisotopic (exact) mass is 1040 g/mol. The minimum absolute atomic E-state index is 0.0352. The van der Waals surface area contributed by atoms with Gasteiger partial charge in [0.25, 0.3) is 0 Å². The van der Waals surface area contributed by atoms with Crippen LogP contribution in [-0.2, 0) is 53.8 Å². The maximum Gasteiger partial charge on any atom is 0.161 e. The topological polar surface area (TPSA) is 172 Å². The first-order valence-corrected chi connectivity index (χ1v) is 28.4. The predicted molar refractivity (Wildman–Crippen MR) is 299 cm³/mol. The third-order valence-corrected chi connectivity index (χ3v) is 18.2. The molecule has 5 aromatic carbocycles. The smallest absolute Gasteiger partial charge is 0.161 e. The van der Waals surface area contributed by atoms with Crippen molar-refractivity contribution in [2.75, 3.05) is 13.2 Å². The summed E-state index contributed by atoms with van der Waals surface area (Å²) in [7, 11) is 0. The van der Waals surface area contributed by atoms with Crippen molar-refractivity contribution in [2.45, 2.75) is 152 Å². The number of nitrogens with one attached hydrogen (secondary N) is 1. The Hall–Kier alpha value is -6.52. The summed E-state index contributed by atoms with van der Waals surface area (Å²) in [6.07, 6.45) is 19.4. The van der Waals surface area contributed by atoms with Gasteiger partial charge in [-0.25, -0.2) is 0 Å². The lowest BCUT2D eigenvalue weighted by Gasteiger charge is -2.59. The molecule has 11 nitrogen and oxygen atoms in total. The van der Waals surface area contributed by atoms with E-state index in [2.05, 4.69) is 76.6 Å². The summed E-state index contributed by atoms with van der Waals surface area (Å²) in [6, 6.07) is 30.3. The first kappa shape index (κ1) is 51.2. The Morgan fingerprint density at radius 2 is 1.64 bits per heavy atom. The van der Waals surface area contributed by atoms with Crippen LogP contribution in [0.5, 0.6) is 23.0 Å². The van der Waals surface area contributed by atoms with Gasteiger partial charge in [-0.1, -0.05) is 85.7 Å². The van der Waals surface area contributed by atoms with Gasteiger partial charge in [0.1, 0.15) is 23.9 Å². The molecule has 1 spiro atoms. The van der Waals surface area contributed by atoms with E-state index in [0.717, 1.165) is 120 Å². The van der Waals surface area contributed by atoms with Crippen molar-refractivity contribution in [3.63, 3.8) is 0 Å². The maximum absolute atomic E-state index is 11.8. The largest absolute Gasteiger partial charge is 0.508 e. The Bertz CT molecular complexity index is 3300. The summed E-state index contributed by atoms with van der Waals surface area (Å²) in [5.41, 5.74) is 17.5. The molecule has 1 saturated heterocycles. The van der Waals surface area contributed by atoms with E-state index in [4.69, 9.17) is 19.9 Å². The standard InChI is InChI=1S/C66H73N3O8/c67-63-35-47-18-16-42(14-15-43-17-22-59(73)48(28-43)29-44-9-6-11-53(71)30-44)8-7-12-55-36-54(72)21-19-46-34-61(60(74)33-50(46)39-70)76-40-51-32-52(31-49-37-69(38-56(49)51)64(68-63)57(47)41-75-55)66-26-27-77-65(24-4-1-5-25-65)62(66)23-20-45-10-2-3-13-58(45)66/h2-3,6,9-11,13,17,22,28,30-35,37-38,42,54-55,62-63,68,70-74H,1,4-5,7-8,12,14-15,19-21,23-27,29,36,39-41,67H2/t42-,54+,55-,62-,63?,66-/m0/s1. The summed E-state index contributed by atoms with van der Waals surface area (Å²) in [6.45, 7) is 0.867. The van der Waals surface area contributed by atoms with Crippen LogP contribution in [0.25, 0.3) is 16.6 Å². The van der Waals surface area contributed by atoms with Gasteiger partial charge in [0.05, 0.1) is 37.2 Å². The zero-order chi connectivity index (χ0) is 52.7. The zero-order valence-electron chi connectivity index (χ0n) is 44.1. The zero-order valence-corrected chi connectivity index (χ0v) is 44.1. The lowest BCUT2D eigenvalue weighted by atomic mass is 9.51. The molecular formula is C66H73N3O8. The van der Waals surface area contributed by atoms with Crippen LogP contribution in [0.4, 0.5) is 0 Å². The number of phenols is 3. The van der Waals surface area contributed by atoms with Crippen LogP contribution in [0.1, 0.15) is 134 Å². The quantitative estimate of drug-likeness (QED) is 0.0764. The van der Waals surface area contributed by atoms with Crippen LogP contribution >= 0.6 is 0 Å². The van der Waals surface area contributed by atoms with Crippen LogP contribution in [0, 0.1) is 23.7 Å². The van der Waals surface area contributed by atoms with Gasteiger partial charge in [-0.05, 0) is 176 Å². The van der Waals surface area contributed by atoms with Crippen molar-refractivity contribution < 1.29 is 39.7 Å². The molecule has 4 aliphatic heterocycles. The average molecular weight is 1040 g/mol. The van der Waals surface area contributed by atoms with E-state index in [-0.39, 0.29) is 60.1 Å². The van der Waals surface area contributed by atoms with Gasteiger partial charge in [0, 0.05) is 64.6 Å². The number of ether oxygens (including phenoxy) is 3. The second-order valence-electron chi connectivity index (χ2n) is 23.0. The highest BCUT2D eigenvalue weighted by Crippen LogP contribution is 2.59. The summed E-state index contributed by atoms with van der Waals surface area (Å²) in [4.78, 5) is 0. The Balaban J connectivity index is 0.966. The lowest BCUT2D eigenvalue weighted by Crippen LogP contribution is -2.59. The van der Waals surface area contributed by atoms with Gasteiger partial charge in [0.2, 0.25) is 0 Å². The highest BCUT2D eigenvalue weighted by Gasteiger charge is 2.58. The van der Waals surface area contributed by atoms with Gasteiger partial charge in [0.15, 0.2) is 11.5 Å². The SMILES string of the molecule is NC1C=C2C#C[C@H](CCc3ccc(O)c(Cc4cccc(O)c4)c3)CCC[C@H]3C[C@H](O)CCc4cc(c(O)cc4CO)OCc4cc([C@]56CCOC7(CCCCC7)[C@@H]5CCc5ccccc56)cc5cn(cc45)C(=C2CO3)N1. The van der Waals surface area contributed by atoms with Crippen molar-refractivity contribution in [3.8, 4) is 34.8 Å². The molecule has 2 aliphatic carbocycles. The van der Waals surface area contributed by atoms with Crippen molar-refractivity contribution in [3.05, 3.63) is 171 Å². The number of aromatic nitrogens is 1. The summed E-state index contributed by atoms with van der Waals surface area (Å²) in [5.74, 6) is 9.22. The number of hydrogen-bond donors (Lipinski definition) is 7. The molecule has 1 aromatic heterocycles. The number of aliphatic hydroxyl groups is 2. The van der Waals surface area contributed by atoms with E-state index in [1.807, 2.05) is 30.3 Å². The first-order valence-electron chi connectivity index (χ1n) is 28.4. The molecule has 5 heterocycles. The number of nitrogens with zero attached hydrogens (tertiary/aromatic N) is 1. The number of aromatic hydroxyl groups is 3. The molecule has 0 amide bonds. The van der Waals surface area contributed by atoms with Gasteiger partial charge in [-0.15, -0.1) is 0 Å². The Morgan fingerprint density at radius 3 is 2.51 bits per heavy atom. The molecule has 8 N–H and O–H groups in total. The van der Waals surface area contributed by atoms with E-state index in [0.29, 0.717) is 49.5 Å². The van der Waals surface area contributed by atoms with E-state index < -0.39 is 12.3 Å². The van der Waals surface area contributed by atoms with Crippen LogP contribution in [0.15, 0.2) is 121 Å². The van der Waals surface area contributed by atoms with Crippen molar-refractivity contribution in [2.24, 2.45) is 17.6 Å². The predicted octanol–water partition coefficient (Wildman–Crippen LogP) is 10.9. The first-order chi connectivity index (χ1) is 37.5. The number of aryl methyl sites for hydroxylation is 3. The third kappa shape index (κ3) is 10.3. The van der Waals surface area contributed by atoms with E-state index >= 15 is 0 Å². The van der Waals surface area contributed by atoms with Crippen LogP contribution in [0.2, 0.25) is 0 Å². The fourth-order valence-electron chi connectivity index (χ4n) is 14.4. The number of rotatable bonds is 7. The molecular weight excluding hydrogens is 963 g/mol. The molecule has 2 fully saturated rings. The van der Waals surface area contributed by atoms with Crippen LogP contribution < -0.4 is 15.8 Å². The van der Waals surface area contributed by atoms with Crippen molar-refractivity contribution >= 4 is 16.6 Å². The fraction of sp³-hybridized carbons (Fsp3) is 0.424. The van der Waals surface area contributed by atoms with Crippen molar-refractivity contribution in [1.29, 1.82) is 0 Å². The van der Waals surface area contributed by atoms with Gasteiger partial charge in [-0.3, -0.25) is 0 Å². The van der Waals surface area contributed by atoms with Crippen LogP contribution in [-0.4, -0.2) is 67.3 Å². The molecule has 1 saturated carbocycles. The number of phenolic OH excluding ortho intramolecular Hbond substituents is 3. The van der Waals surface area contributed by atoms with Crippen LogP contribution in [0.3, 0.4) is 0 Å². The molecule has 77 heavy (non-hydrogen) atoms. The van der Waals surface area contributed by atoms with Gasteiger partial charge >= 0.3 is 0 Å². The second-order valence-corrected chi connectivity index (χ2v) is 23.0. The molecule has 400 valence electrons. The molecule has 6 aliphatic rings. The molecule has 6 bridgehead atoms. The number of benzene rings is 5. The number of aliphatic hydroxyl groups excluding tert-OH is 2. The lowest BCUT2D eigenvalue weighted by molar-refractivity contribution is -0.166. The molecule has 1 unspecified atom stereocenters. The Labute approximate surface area is 452 Å². The number of nitrogens with two attached hydrogens (primary N) is 1. The summed E-state index contributed by atoms with van der Waals surface area (Å²) >= 11 is 0. The van der Waals surface area contributed by atoms with Gasteiger partial charge < -0.3 is 55.4 Å². The minimum Gasteiger partial charge on any atom is -0.508 e. The molecule has 12 rings (SSSR count). The Kier molecular flexibility index (Phi) is 14.5. The maximum atomic E-state index is 11.8. The summed E-state index contributed by atoms with van der Waals surface area (Å²) in [5, 5.41) is 60.5. The molecule has 6 aromatic rings. The minimum atomic E-state index is -0.695. The highest BCUT2D eigenvalue weighted by molar-refractivity contribution is 5.89. The molecule has 0 radical (unpaired) electrons. The summed E-state index contributed by atoms with van der Waals surface area (Å²) < 4.78 is 22.9. The number of dihydropyridines is 1. The van der Waals surface area contributed by atoms with E-state index in [1.165, 1.54) is 36.0 Å². The van der Waals surface area contributed by atoms with E-state index in [1.54, 1.807) is 24.3 Å².